The highest BCUT2D eigenvalue weighted by molar-refractivity contribution is 4.99. The van der Waals surface area contributed by atoms with Crippen LogP contribution in [-0.2, 0) is 4.74 Å². The molecule has 2 saturated heterocycles. The Bertz CT molecular complexity index is 286. The zero-order valence-corrected chi connectivity index (χ0v) is 11.7. The summed E-state index contributed by atoms with van der Waals surface area (Å²) in [6, 6.07) is 0.751. The molecule has 0 bridgehead atoms. The van der Waals surface area contributed by atoms with E-state index in [1.165, 1.54) is 45.1 Å². The van der Waals surface area contributed by atoms with Gasteiger partial charge < -0.3 is 4.74 Å². The van der Waals surface area contributed by atoms with Crippen LogP contribution >= 0.6 is 0 Å². The summed E-state index contributed by atoms with van der Waals surface area (Å²) in [5, 5.41) is 0. The van der Waals surface area contributed by atoms with Crippen molar-refractivity contribution in [2.24, 2.45) is 11.3 Å². The topological polar surface area (TPSA) is 12.5 Å². The summed E-state index contributed by atoms with van der Waals surface area (Å²) in [5.74, 6) is 0.887. The number of rotatable bonds is 0. The molecule has 2 nitrogen and oxygen atoms in total. The molecule has 0 aromatic carbocycles. The Morgan fingerprint density at radius 1 is 1.12 bits per heavy atom. The molecule has 0 radical (unpaired) electrons. The predicted octanol–water partition coefficient (Wildman–Crippen LogP) is 3.41. The summed E-state index contributed by atoms with van der Waals surface area (Å²) in [6.45, 7) is 9.46. The molecule has 1 saturated carbocycles. The Kier molecular flexibility index (Phi) is 2.79. The lowest BCUT2D eigenvalue weighted by Gasteiger charge is -2.45. The molecule has 1 atom stereocenters. The standard InChI is InChI=1S/C15H27NO/c1-14(2,3)12-6-8-15(9-7-12)16-10-4-5-13(16)11-17-15/h12-13H,4-11H2,1-3H3/t12?,13-,15?/m1/s1. The molecule has 3 aliphatic rings. The van der Waals surface area contributed by atoms with Gasteiger partial charge in [-0.25, -0.2) is 0 Å². The molecule has 0 aromatic heterocycles. The van der Waals surface area contributed by atoms with Gasteiger partial charge in [-0.05, 0) is 49.9 Å². The molecule has 2 aliphatic heterocycles. The van der Waals surface area contributed by atoms with Crippen molar-refractivity contribution in [2.75, 3.05) is 13.2 Å². The van der Waals surface area contributed by atoms with Crippen LogP contribution in [-0.4, -0.2) is 29.8 Å². The van der Waals surface area contributed by atoms with E-state index in [1.807, 2.05) is 0 Å². The van der Waals surface area contributed by atoms with Gasteiger partial charge in [0.25, 0.3) is 0 Å². The molecule has 0 unspecified atom stereocenters. The minimum atomic E-state index is 0.156. The first kappa shape index (κ1) is 12.0. The molecule has 3 rings (SSSR count). The fraction of sp³-hybridized carbons (Fsp3) is 1.00. The van der Waals surface area contributed by atoms with E-state index in [9.17, 15) is 0 Å². The Balaban J connectivity index is 1.68. The number of hydrogen-bond acceptors (Lipinski definition) is 2. The molecule has 3 fully saturated rings. The number of hydrogen-bond donors (Lipinski definition) is 0. The Morgan fingerprint density at radius 3 is 2.47 bits per heavy atom. The van der Waals surface area contributed by atoms with Crippen LogP contribution in [0.4, 0.5) is 0 Å². The van der Waals surface area contributed by atoms with Crippen molar-refractivity contribution >= 4 is 0 Å². The maximum absolute atomic E-state index is 6.24. The first-order chi connectivity index (χ1) is 8.01. The minimum absolute atomic E-state index is 0.156. The molecule has 0 amide bonds. The van der Waals surface area contributed by atoms with Crippen LogP contribution in [0.15, 0.2) is 0 Å². The van der Waals surface area contributed by atoms with Gasteiger partial charge in [0, 0.05) is 12.6 Å². The van der Waals surface area contributed by atoms with Crippen LogP contribution in [0.25, 0.3) is 0 Å². The Labute approximate surface area is 106 Å². The normalized spacial score (nSPS) is 43.2. The van der Waals surface area contributed by atoms with Gasteiger partial charge in [-0.15, -0.1) is 0 Å². The second kappa shape index (κ2) is 3.96. The molecule has 17 heavy (non-hydrogen) atoms. The van der Waals surface area contributed by atoms with Crippen molar-refractivity contribution in [3.8, 4) is 0 Å². The van der Waals surface area contributed by atoms with E-state index in [4.69, 9.17) is 4.74 Å². The lowest BCUT2D eigenvalue weighted by Crippen LogP contribution is -2.49. The minimum Gasteiger partial charge on any atom is -0.359 e. The second-order valence-corrected chi connectivity index (χ2v) is 7.39. The summed E-state index contributed by atoms with van der Waals surface area (Å²) in [7, 11) is 0. The highest BCUT2D eigenvalue weighted by Gasteiger charge is 2.51. The van der Waals surface area contributed by atoms with Gasteiger partial charge in [-0.2, -0.15) is 0 Å². The van der Waals surface area contributed by atoms with Crippen molar-refractivity contribution in [3.63, 3.8) is 0 Å². The van der Waals surface area contributed by atoms with Crippen molar-refractivity contribution in [1.29, 1.82) is 0 Å². The molecule has 98 valence electrons. The summed E-state index contributed by atoms with van der Waals surface area (Å²) >= 11 is 0. The zero-order chi connectivity index (χ0) is 12.1. The molecule has 2 heteroatoms. The average Bonchev–Trinajstić information content (AvgIpc) is 2.83. The fourth-order valence-electron chi connectivity index (χ4n) is 4.25. The second-order valence-electron chi connectivity index (χ2n) is 7.39. The third-order valence-corrected chi connectivity index (χ3v) is 5.44. The van der Waals surface area contributed by atoms with Gasteiger partial charge in [0.15, 0.2) is 0 Å². The van der Waals surface area contributed by atoms with Gasteiger partial charge >= 0.3 is 0 Å². The predicted molar refractivity (Wildman–Crippen MR) is 69.8 cm³/mol. The summed E-state index contributed by atoms with van der Waals surface area (Å²) in [6.07, 6.45) is 8.00. The molecular formula is C15H27NO. The molecule has 0 N–H and O–H groups in total. The molecule has 0 aromatic rings. The summed E-state index contributed by atoms with van der Waals surface area (Å²) < 4.78 is 6.24. The van der Waals surface area contributed by atoms with Gasteiger partial charge in [0.05, 0.1) is 6.61 Å². The van der Waals surface area contributed by atoms with Crippen LogP contribution in [0, 0.1) is 11.3 Å². The van der Waals surface area contributed by atoms with E-state index in [0.29, 0.717) is 5.41 Å². The van der Waals surface area contributed by atoms with Gasteiger partial charge in [0.1, 0.15) is 5.72 Å². The van der Waals surface area contributed by atoms with Crippen molar-refractivity contribution in [3.05, 3.63) is 0 Å². The third-order valence-electron chi connectivity index (χ3n) is 5.44. The maximum Gasteiger partial charge on any atom is 0.122 e. The molecule has 1 spiro atoms. The van der Waals surface area contributed by atoms with Crippen LogP contribution in [0.2, 0.25) is 0 Å². The van der Waals surface area contributed by atoms with Gasteiger partial charge in [0.2, 0.25) is 0 Å². The van der Waals surface area contributed by atoms with E-state index in [2.05, 4.69) is 25.7 Å². The quantitative estimate of drug-likeness (QED) is 0.640. The monoisotopic (exact) mass is 237 g/mol. The lowest BCUT2D eigenvalue weighted by atomic mass is 9.70. The number of nitrogens with zero attached hydrogens (tertiary/aromatic N) is 1. The average molecular weight is 237 g/mol. The SMILES string of the molecule is CC(C)(C)C1CCC2(CC1)OC[C@H]1CCCN12. The van der Waals surface area contributed by atoms with E-state index in [1.54, 1.807) is 0 Å². The summed E-state index contributed by atoms with van der Waals surface area (Å²) in [4.78, 5) is 2.70. The van der Waals surface area contributed by atoms with Crippen LogP contribution in [0.1, 0.15) is 59.3 Å². The molecule has 2 heterocycles. The number of fused-ring (bicyclic) bond motifs is 2. The van der Waals surface area contributed by atoms with Gasteiger partial charge in [-0.1, -0.05) is 20.8 Å². The van der Waals surface area contributed by atoms with Gasteiger partial charge in [-0.3, -0.25) is 4.90 Å². The van der Waals surface area contributed by atoms with Crippen molar-refractivity contribution in [2.45, 2.75) is 71.1 Å². The largest absolute Gasteiger partial charge is 0.359 e. The first-order valence-electron chi connectivity index (χ1n) is 7.42. The molecular weight excluding hydrogens is 210 g/mol. The van der Waals surface area contributed by atoms with Crippen molar-refractivity contribution in [1.82, 2.24) is 4.90 Å². The zero-order valence-electron chi connectivity index (χ0n) is 11.7. The van der Waals surface area contributed by atoms with E-state index >= 15 is 0 Å². The first-order valence-corrected chi connectivity index (χ1v) is 7.42. The number of ether oxygens (including phenoxy) is 1. The van der Waals surface area contributed by atoms with Crippen LogP contribution in [0.3, 0.4) is 0 Å². The molecule has 1 aliphatic carbocycles. The third kappa shape index (κ3) is 1.94. The maximum atomic E-state index is 6.24. The highest BCUT2D eigenvalue weighted by atomic mass is 16.5. The van der Waals surface area contributed by atoms with Crippen LogP contribution in [0.5, 0.6) is 0 Å². The van der Waals surface area contributed by atoms with E-state index in [0.717, 1.165) is 18.6 Å². The highest BCUT2D eigenvalue weighted by Crippen LogP contribution is 2.48. The Morgan fingerprint density at radius 2 is 1.82 bits per heavy atom. The fourth-order valence-corrected chi connectivity index (χ4v) is 4.25. The summed E-state index contributed by atoms with van der Waals surface area (Å²) in [5.41, 5.74) is 0.632. The Hall–Kier alpha value is -0.0800. The van der Waals surface area contributed by atoms with Crippen LogP contribution < -0.4 is 0 Å². The van der Waals surface area contributed by atoms with E-state index in [-0.39, 0.29) is 5.72 Å². The smallest absolute Gasteiger partial charge is 0.122 e. The lowest BCUT2D eigenvalue weighted by molar-refractivity contribution is -0.120. The van der Waals surface area contributed by atoms with E-state index < -0.39 is 0 Å². The van der Waals surface area contributed by atoms with Crippen molar-refractivity contribution < 1.29 is 4.74 Å².